The Morgan fingerprint density at radius 3 is 2.63 bits per heavy atom. The lowest BCUT2D eigenvalue weighted by atomic mass is 9.96. The predicted octanol–water partition coefficient (Wildman–Crippen LogP) is 3.82. The van der Waals surface area contributed by atoms with E-state index in [1.54, 1.807) is 0 Å². The Balaban J connectivity index is 1.50. The van der Waals surface area contributed by atoms with E-state index in [0.717, 1.165) is 42.3 Å². The summed E-state index contributed by atoms with van der Waals surface area (Å²) in [5.41, 5.74) is 7.07. The molecule has 0 radical (unpaired) electrons. The Bertz CT molecular complexity index is 1010. The molecule has 27 heavy (non-hydrogen) atoms. The van der Waals surface area contributed by atoms with Crippen molar-refractivity contribution in [2.45, 2.75) is 25.8 Å². The Labute approximate surface area is 159 Å². The van der Waals surface area contributed by atoms with Crippen LogP contribution in [-0.2, 0) is 13.6 Å². The van der Waals surface area contributed by atoms with Gasteiger partial charge in [-0.2, -0.15) is 5.10 Å². The first kappa shape index (κ1) is 16.2. The number of piperidine rings is 1. The van der Waals surface area contributed by atoms with E-state index in [2.05, 4.69) is 45.3 Å². The maximum atomic E-state index is 4.85. The van der Waals surface area contributed by atoms with Crippen LogP contribution in [0.1, 0.15) is 36.0 Å². The maximum Gasteiger partial charge on any atom is 0.129 e. The quantitative estimate of drug-likeness (QED) is 0.716. The van der Waals surface area contributed by atoms with E-state index in [1.807, 2.05) is 30.3 Å². The second-order valence-electron chi connectivity index (χ2n) is 7.39. The topological polar surface area (TPSA) is 46.3 Å². The van der Waals surface area contributed by atoms with Gasteiger partial charge in [0.05, 0.1) is 18.5 Å². The number of rotatable bonds is 3. The van der Waals surface area contributed by atoms with Crippen LogP contribution in [0.4, 0.5) is 5.82 Å². The Hall–Kier alpha value is -2.95. The van der Waals surface area contributed by atoms with E-state index >= 15 is 0 Å². The highest BCUT2D eigenvalue weighted by atomic mass is 15.2. The van der Waals surface area contributed by atoms with Crippen LogP contribution >= 0.6 is 0 Å². The molecule has 5 nitrogen and oxygen atoms in total. The molecule has 0 saturated carbocycles. The molecule has 0 aliphatic carbocycles. The Morgan fingerprint density at radius 2 is 1.81 bits per heavy atom. The van der Waals surface area contributed by atoms with Gasteiger partial charge in [-0.1, -0.05) is 12.1 Å². The molecule has 2 aromatic heterocycles. The molecule has 5 rings (SSSR count). The molecule has 0 bridgehead atoms. The standard InChI is InChI=1S/C22H23N5/c1-26-15-19(14-25-26)16-5-6-18-13-24-22(20(18)11-16)17-7-8-23-21(12-17)27-9-3-2-4-10-27/h5-8,11-12,14-15H,2-4,9-10,13H2,1H3. The second-order valence-corrected chi connectivity index (χ2v) is 7.39. The van der Waals surface area contributed by atoms with E-state index in [1.165, 1.54) is 36.0 Å². The number of anilines is 1. The fourth-order valence-corrected chi connectivity index (χ4v) is 4.04. The molecular weight excluding hydrogens is 334 g/mol. The number of hydrogen-bond donors (Lipinski definition) is 0. The van der Waals surface area contributed by atoms with Crippen LogP contribution < -0.4 is 4.90 Å². The predicted molar refractivity (Wildman–Crippen MR) is 108 cm³/mol. The molecule has 4 heterocycles. The Kier molecular flexibility index (Phi) is 4.00. The molecule has 3 aromatic rings. The van der Waals surface area contributed by atoms with Gasteiger partial charge in [-0.05, 0) is 48.6 Å². The summed E-state index contributed by atoms with van der Waals surface area (Å²) in [5, 5.41) is 4.30. The lowest BCUT2D eigenvalue weighted by Gasteiger charge is -2.28. The van der Waals surface area contributed by atoms with Gasteiger partial charge in [0, 0.05) is 49.2 Å². The third-order valence-electron chi connectivity index (χ3n) is 5.51. The average molecular weight is 357 g/mol. The smallest absolute Gasteiger partial charge is 0.129 e. The molecule has 0 spiro atoms. The summed E-state index contributed by atoms with van der Waals surface area (Å²) in [6, 6.07) is 10.9. The van der Waals surface area contributed by atoms with Gasteiger partial charge in [-0.25, -0.2) is 4.98 Å². The van der Waals surface area contributed by atoms with E-state index < -0.39 is 0 Å². The van der Waals surface area contributed by atoms with E-state index in [-0.39, 0.29) is 0 Å². The number of fused-ring (bicyclic) bond motifs is 1. The molecule has 0 amide bonds. The third kappa shape index (κ3) is 3.03. The van der Waals surface area contributed by atoms with Crippen LogP contribution in [0.3, 0.4) is 0 Å². The first-order valence-corrected chi connectivity index (χ1v) is 9.66. The number of benzene rings is 1. The molecule has 2 aliphatic heterocycles. The summed E-state index contributed by atoms with van der Waals surface area (Å²) < 4.78 is 1.84. The zero-order valence-electron chi connectivity index (χ0n) is 15.6. The van der Waals surface area contributed by atoms with Crippen LogP contribution in [0.25, 0.3) is 11.1 Å². The summed E-state index contributed by atoms with van der Waals surface area (Å²) in [5.74, 6) is 1.08. The minimum absolute atomic E-state index is 0.749. The number of aryl methyl sites for hydroxylation is 1. The van der Waals surface area contributed by atoms with Crippen LogP contribution in [0.2, 0.25) is 0 Å². The highest BCUT2D eigenvalue weighted by Crippen LogP contribution is 2.29. The molecule has 0 unspecified atom stereocenters. The minimum atomic E-state index is 0.749. The van der Waals surface area contributed by atoms with Gasteiger partial charge in [0.2, 0.25) is 0 Å². The Morgan fingerprint density at radius 1 is 0.926 bits per heavy atom. The summed E-state index contributed by atoms with van der Waals surface area (Å²) in [7, 11) is 1.95. The summed E-state index contributed by atoms with van der Waals surface area (Å²) in [6.45, 7) is 2.95. The number of nitrogens with zero attached hydrogens (tertiary/aromatic N) is 5. The molecular formula is C22H23N5. The fourth-order valence-electron chi connectivity index (χ4n) is 4.04. The molecule has 136 valence electrons. The van der Waals surface area contributed by atoms with E-state index in [9.17, 15) is 0 Å². The highest BCUT2D eigenvalue weighted by Gasteiger charge is 2.20. The lowest BCUT2D eigenvalue weighted by molar-refractivity contribution is 0.573. The zero-order chi connectivity index (χ0) is 18.2. The first-order chi connectivity index (χ1) is 13.3. The molecule has 1 aromatic carbocycles. The summed E-state index contributed by atoms with van der Waals surface area (Å²) in [4.78, 5) is 11.9. The van der Waals surface area contributed by atoms with Crippen molar-refractivity contribution < 1.29 is 0 Å². The van der Waals surface area contributed by atoms with Crippen molar-refractivity contribution in [3.05, 3.63) is 65.6 Å². The van der Waals surface area contributed by atoms with E-state index in [0.29, 0.717) is 0 Å². The van der Waals surface area contributed by atoms with Crippen molar-refractivity contribution in [1.29, 1.82) is 0 Å². The molecule has 5 heteroatoms. The zero-order valence-corrected chi connectivity index (χ0v) is 15.6. The van der Waals surface area contributed by atoms with Crippen LogP contribution in [0, 0.1) is 0 Å². The molecule has 2 aliphatic rings. The lowest BCUT2D eigenvalue weighted by Crippen LogP contribution is -2.30. The summed E-state index contributed by atoms with van der Waals surface area (Å²) >= 11 is 0. The number of pyridine rings is 1. The molecule has 0 atom stereocenters. The van der Waals surface area contributed by atoms with Gasteiger partial charge in [0.25, 0.3) is 0 Å². The van der Waals surface area contributed by atoms with Gasteiger partial charge in [-0.15, -0.1) is 0 Å². The number of aromatic nitrogens is 3. The van der Waals surface area contributed by atoms with Crippen molar-refractivity contribution in [2.24, 2.45) is 12.0 Å². The minimum Gasteiger partial charge on any atom is -0.357 e. The van der Waals surface area contributed by atoms with Crippen molar-refractivity contribution in [1.82, 2.24) is 14.8 Å². The molecule has 1 fully saturated rings. The van der Waals surface area contributed by atoms with Crippen molar-refractivity contribution in [2.75, 3.05) is 18.0 Å². The molecule has 0 N–H and O–H groups in total. The van der Waals surface area contributed by atoms with Gasteiger partial charge < -0.3 is 4.90 Å². The van der Waals surface area contributed by atoms with Crippen LogP contribution in [0.5, 0.6) is 0 Å². The van der Waals surface area contributed by atoms with Gasteiger partial charge in [-0.3, -0.25) is 9.67 Å². The van der Waals surface area contributed by atoms with Gasteiger partial charge >= 0.3 is 0 Å². The first-order valence-electron chi connectivity index (χ1n) is 9.66. The summed E-state index contributed by atoms with van der Waals surface area (Å²) in [6.07, 6.45) is 9.72. The van der Waals surface area contributed by atoms with Crippen molar-refractivity contribution in [3.8, 4) is 11.1 Å². The van der Waals surface area contributed by atoms with Crippen LogP contribution in [0.15, 0.2) is 53.9 Å². The highest BCUT2D eigenvalue weighted by molar-refractivity contribution is 6.15. The largest absolute Gasteiger partial charge is 0.357 e. The van der Waals surface area contributed by atoms with E-state index in [4.69, 9.17) is 4.99 Å². The van der Waals surface area contributed by atoms with Crippen LogP contribution in [-0.4, -0.2) is 33.6 Å². The second kappa shape index (κ2) is 6.65. The molecule has 1 saturated heterocycles. The van der Waals surface area contributed by atoms with Crippen molar-refractivity contribution in [3.63, 3.8) is 0 Å². The number of hydrogen-bond acceptors (Lipinski definition) is 4. The third-order valence-corrected chi connectivity index (χ3v) is 5.51. The SMILES string of the molecule is Cn1cc(-c2ccc3c(c2)C(c2ccnc(N4CCCCC4)c2)=NC3)cn1. The maximum absolute atomic E-state index is 4.85. The van der Waals surface area contributed by atoms with Gasteiger partial charge in [0.1, 0.15) is 5.82 Å². The van der Waals surface area contributed by atoms with Crippen molar-refractivity contribution >= 4 is 11.5 Å². The fraction of sp³-hybridized carbons (Fsp3) is 0.318. The number of aliphatic imine (C=N–C) groups is 1. The average Bonchev–Trinajstić information content (AvgIpc) is 3.34. The normalized spacial score (nSPS) is 16.3. The van der Waals surface area contributed by atoms with Gasteiger partial charge in [0.15, 0.2) is 0 Å². The monoisotopic (exact) mass is 357 g/mol.